The number of carbonyl (C=O) groups is 3. The van der Waals surface area contributed by atoms with Gasteiger partial charge < -0.3 is 14.2 Å². The summed E-state index contributed by atoms with van der Waals surface area (Å²) in [6, 6.07) is 0. The standard InChI is InChI=1S/C58H100O6/c1-4-7-10-13-16-19-22-25-27-28-29-30-31-34-36-39-42-45-48-51-57(60)63-54-55(53-62-56(59)50-47-44-41-38-35-32-24-21-18-15-12-9-6-3)64-58(61)52-49-46-43-40-37-33-26-23-20-17-14-11-8-5-2/h7,10,16,19,25,27,29-30,34,36,42,45,55H,4-6,8-9,11-15,17-18,20-24,26,28,31-33,35,37-41,43-44,46-54H2,1-3H3/b10-7+,19-16+,27-25+,30-29+,36-34+,45-42+/t55-/m1/s1. The van der Waals surface area contributed by atoms with Gasteiger partial charge in [0.1, 0.15) is 13.2 Å². The van der Waals surface area contributed by atoms with Crippen LogP contribution in [0.1, 0.15) is 258 Å². The van der Waals surface area contributed by atoms with Gasteiger partial charge in [0.15, 0.2) is 6.10 Å². The van der Waals surface area contributed by atoms with E-state index in [0.717, 1.165) is 77.0 Å². The van der Waals surface area contributed by atoms with E-state index >= 15 is 0 Å². The van der Waals surface area contributed by atoms with Crippen molar-refractivity contribution in [2.24, 2.45) is 0 Å². The van der Waals surface area contributed by atoms with Gasteiger partial charge in [0.2, 0.25) is 0 Å². The van der Waals surface area contributed by atoms with Crippen molar-refractivity contribution in [2.75, 3.05) is 13.2 Å². The maximum absolute atomic E-state index is 12.8. The normalized spacial score (nSPS) is 12.6. The summed E-state index contributed by atoms with van der Waals surface area (Å²) in [5.74, 6) is -0.976. The van der Waals surface area contributed by atoms with E-state index in [2.05, 4.69) is 87.6 Å². The molecule has 0 amide bonds. The molecule has 1 atom stereocenters. The first-order valence-corrected chi connectivity index (χ1v) is 26.9. The fourth-order valence-corrected chi connectivity index (χ4v) is 7.47. The van der Waals surface area contributed by atoms with E-state index in [9.17, 15) is 14.4 Å². The molecule has 0 radical (unpaired) electrons. The Kier molecular flexibility index (Phi) is 49.9. The molecule has 6 heteroatoms. The average molecular weight is 893 g/mol. The van der Waals surface area contributed by atoms with Crippen LogP contribution in [-0.2, 0) is 28.6 Å². The first kappa shape index (κ1) is 60.9. The van der Waals surface area contributed by atoms with Crippen molar-refractivity contribution >= 4 is 17.9 Å². The Bertz CT molecular complexity index is 1210. The molecule has 0 rings (SSSR count). The lowest BCUT2D eigenvalue weighted by molar-refractivity contribution is -0.166. The number of unbranched alkanes of at least 4 members (excludes halogenated alkanes) is 25. The molecule has 0 aliphatic rings. The number of rotatable bonds is 48. The number of allylic oxidation sites excluding steroid dienone is 12. The lowest BCUT2D eigenvalue weighted by atomic mass is 10.0. The van der Waals surface area contributed by atoms with E-state index in [0.29, 0.717) is 19.3 Å². The average Bonchev–Trinajstić information content (AvgIpc) is 3.29. The van der Waals surface area contributed by atoms with E-state index < -0.39 is 6.10 Å². The van der Waals surface area contributed by atoms with Gasteiger partial charge in [-0.05, 0) is 57.8 Å². The van der Waals surface area contributed by atoms with Crippen molar-refractivity contribution in [3.63, 3.8) is 0 Å². The zero-order valence-electron chi connectivity index (χ0n) is 42.0. The smallest absolute Gasteiger partial charge is 0.306 e. The highest BCUT2D eigenvalue weighted by molar-refractivity contribution is 5.71. The molecule has 368 valence electrons. The molecular weight excluding hydrogens is 793 g/mol. The second-order valence-electron chi connectivity index (χ2n) is 17.8. The van der Waals surface area contributed by atoms with Crippen LogP contribution in [0.4, 0.5) is 0 Å². The molecule has 0 aromatic heterocycles. The highest BCUT2D eigenvalue weighted by Crippen LogP contribution is 2.16. The summed E-state index contributed by atoms with van der Waals surface area (Å²) in [4.78, 5) is 38.0. The van der Waals surface area contributed by atoms with Gasteiger partial charge >= 0.3 is 17.9 Å². The third kappa shape index (κ3) is 49.9. The van der Waals surface area contributed by atoms with Crippen molar-refractivity contribution in [3.05, 3.63) is 72.9 Å². The first-order chi connectivity index (χ1) is 31.5. The second-order valence-corrected chi connectivity index (χ2v) is 17.8. The summed E-state index contributed by atoms with van der Waals surface area (Å²) in [5.41, 5.74) is 0. The van der Waals surface area contributed by atoms with Crippen LogP contribution < -0.4 is 0 Å². The van der Waals surface area contributed by atoms with Crippen LogP contribution in [0.2, 0.25) is 0 Å². The largest absolute Gasteiger partial charge is 0.462 e. The molecule has 0 unspecified atom stereocenters. The maximum Gasteiger partial charge on any atom is 0.306 e. The van der Waals surface area contributed by atoms with Crippen molar-refractivity contribution in [3.8, 4) is 0 Å². The number of hydrogen-bond donors (Lipinski definition) is 0. The van der Waals surface area contributed by atoms with Crippen LogP contribution >= 0.6 is 0 Å². The Morgan fingerprint density at radius 1 is 0.328 bits per heavy atom. The monoisotopic (exact) mass is 893 g/mol. The topological polar surface area (TPSA) is 78.9 Å². The van der Waals surface area contributed by atoms with Gasteiger partial charge in [-0.15, -0.1) is 0 Å². The van der Waals surface area contributed by atoms with Crippen molar-refractivity contribution in [1.82, 2.24) is 0 Å². The molecule has 6 nitrogen and oxygen atoms in total. The van der Waals surface area contributed by atoms with Crippen LogP contribution in [0.15, 0.2) is 72.9 Å². The van der Waals surface area contributed by atoms with Gasteiger partial charge in [-0.3, -0.25) is 14.4 Å². The summed E-state index contributed by atoms with van der Waals surface area (Å²) in [5, 5.41) is 0. The Morgan fingerprint density at radius 3 is 0.953 bits per heavy atom. The molecule has 0 aliphatic heterocycles. The van der Waals surface area contributed by atoms with Gasteiger partial charge in [0, 0.05) is 19.3 Å². The Morgan fingerprint density at radius 2 is 0.609 bits per heavy atom. The van der Waals surface area contributed by atoms with Gasteiger partial charge in [-0.25, -0.2) is 0 Å². The summed E-state index contributed by atoms with van der Waals surface area (Å²) in [6.45, 7) is 6.47. The molecule has 0 aliphatic carbocycles. The fourth-order valence-electron chi connectivity index (χ4n) is 7.47. The number of ether oxygens (including phenoxy) is 3. The first-order valence-electron chi connectivity index (χ1n) is 26.9. The molecule has 0 spiro atoms. The summed E-state index contributed by atoms with van der Waals surface area (Å²) in [6.07, 6.45) is 66.1. The summed E-state index contributed by atoms with van der Waals surface area (Å²) >= 11 is 0. The van der Waals surface area contributed by atoms with E-state index in [1.54, 1.807) is 0 Å². The molecule has 0 fully saturated rings. The molecular formula is C58H100O6. The molecule has 0 heterocycles. The Balaban J connectivity index is 4.47. The highest BCUT2D eigenvalue weighted by atomic mass is 16.6. The number of carbonyl (C=O) groups excluding carboxylic acids is 3. The van der Waals surface area contributed by atoms with Crippen molar-refractivity contribution in [1.29, 1.82) is 0 Å². The number of hydrogen-bond acceptors (Lipinski definition) is 6. The molecule has 0 saturated heterocycles. The van der Waals surface area contributed by atoms with E-state index in [4.69, 9.17) is 14.2 Å². The predicted molar refractivity (Wildman–Crippen MR) is 274 cm³/mol. The third-order valence-electron chi connectivity index (χ3n) is 11.5. The van der Waals surface area contributed by atoms with Crippen LogP contribution in [0.3, 0.4) is 0 Å². The van der Waals surface area contributed by atoms with Crippen molar-refractivity contribution in [2.45, 2.75) is 264 Å². The minimum atomic E-state index is -0.801. The second kappa shape index (κ2) is 52.5. The lowest BCUT2D eigenvalue weighted by Gasteiger charge is -2.18. The van der Waals surface area contributed by atoms with Gasteiger partial charge in [-0.1, -0.05) is 254 Å². The minimum Gasteiger partial charge on any atom is -0.462 e. The molecule has 0 saturated carbocycles. The summed E-state index contributed by atoms with van der Waals surface area (Å²) < 4.78 is 16.8. The molecule has 0 aromatic rings. The Hall–Kier alpha value is -3.15. The molecule has 0 N–H and O–H groups in total. The highest BCUT2D eigenvalue weighted by Gasteiger charge is 2.19. The molecule has 64 heavy (non-hydrogen) atoms. The SMILES string of the molecule is CC/C=C/C/C=C/C/C=C/C/C=C/C/C=C/C/C=C/CCC(=O)OC[C@@H](COC(=O)CCCCCCCCCCCCCCC)OC(=O)CCCCCCCCCCCCCCCC. The van der Waals surface area contributed by atoms with E-state index in [-0.39, 0.29) is 37.5 Å². The zero-order valence-corrected chi connectivity index (χ0v) is 42.0. The van der Waals surface area contributed by atoms with Crippen molar-refractivity contribution < 1.29 is 28.6 Å². The quantitative estimate of drug-likeness (QED) is 0.0262. The summed E-state index contributed by atoms with van der Waals surface area (Å²) in [7, 11) is 0. The van der Waals surface area contributed by atoms with Crippen LogP contribution in [-0.4, -0.2) is 37.2 Å². The minimum absolute atomic E-state index is 0.0951. The maximum atomic E-state index is 12.8. The number of esters is 3. The predicted octanol–water partition coefficient (Wildman–Crippen LogP) is 17.8. The molecule has 0 aromatic carbocycles. The lowest BCUT2D eigenvalue weighted by Crippen LogP contribution is -2.30. The van der Waals surface area contributed by atoms with Crippen LogP contribution in [0.25, 0.3) is 0 Å². The van der Waals surface area contributed by atoms with Crippen LogP contribution in [0, 0.1) is 0 Å². The molecule has 0 bridgehead atoms. The third-order valence-corrected chi connectivity index (χ3v) is 11.5. The van der Waals surface area contributed by atoms with Gasteiger partial charge in [0.25, 0.3) is 0 Å². The van der Waals surface area contributed by atoms with E-state index in [1.165, 1.54) is 135 Å². The zero-order chi connectivity index (χ0) is 46.5. The Labute approximate surface area is 395 Å². The van der Waals surface area contributed by atoms with E-state index in [1.807, 2.05) is 6.08 Å². The van der Waals surface area contributed by atoms with Crippen LogP contribution in [0.5, 0.6) is 0 Å². The van der Waals surface area contributed by atoms with Gasteiger partial charge in [-0.2, -0.15) is 0 Å². The fraction of sp³-hybridized carbons (Fsp3) is 0.741. The van der Waals surface area contributed by atoms with Gasteiger partial charge in [0.05, 0.1) is 0 Å².